The van der Waals surface area contributed by atoms with E-state index in [0.29, 0.717) is 11.6 Å². The third-order valence-electron chi connectivity index (χ3n) is 3.64. The zero-order valence-electron chi connectivity index (χ0n) is 11.9. The van der Waals surface area contributed by atoms with Crippen molar-refractivity contribution >= 4 is 23.4 Å². The van der Waals surface area contributed by atoms with Crippen LogP contribution in [0.15, 0.2) is 29.2 Å². The summed E-state index contributed by atoms with van der Waals surface area (Å²) in [7, 11) is 1.80. The first-order valence-corrected chi connectivity index (χ1v) is 8.17. The number of halogens is 1. The Labute approximate surface area is 133 Å². The van der Waals surface area contributed by atoms with Gasteiger partial charge < -0.3 is 9.84 Å². The molecule has 0 amide bonds. The molecule has 0 spiro atoms. The van der Waals surface area contributed by atoms with E-state index in [4.69, 9.17) is 16.3 Å². The van der Waals surface area contributed by atoms with Gasteiger partial charge in [0.2, 0.25) is 0 Å². The maximum absolute atomic E-state index is 10.5. The molecule has 0 aliphatic carbocycles. The molecule has 0 saturated heterocycles. The molecule has 1 N–H and O–H groups in total. The SMILES string of the molecule is Cc1nn(C)c(Cl)c1CC(O)C1CSc2ccccc2O1. The first-order valence-electron chi connectivity index (χ1n) is 6.80. The van der Waals surface area contributed by atoms with Crippen LogP contribution in [-0.2, 0) is 13.5 Å². The van der Waals surface area contributed by atoms with Gasteiger partial charge in [-0.3, -0.25) is 4.68 Å². The fraction of sp³-hybridized carbons (Fsp3) is 0.400. The number of hydrogen-bond acceptors (Lipinski definition) is 4. The van der Waals surface area contributed by atoms with Crippen LogP contribution in [0.3, 0.4) is 0 Å². The van der Waals surface area contributed by atoms with Crippen molar-refractivity contribution in [3.8, 4) is 5.75 Å². The quantitative estimate of drug-likeness (QED) is 0.943. The standard InChI is InChI=1S/C15H17ClN2O2S/c1-9-10(15(16)18(2)17-9)7-11(19)13-8-21-14-6-4-3-5-12(14)20-13/h3-6,11,13,19H,7-8H2,1-2H3. The van der Waals surface area contributed by atoms with Gasteiger partial charge in [-0.1, -0.05) is 23.7 Å². The Bertz CT molecular complexity index is 659. The molecule has 2 atom stereocenters. The van der Waals surface area contributed by atoms with Gasteiger partial charge in [-0.05, 0) is 19.1 Å². The van der Waals surface area contributed by atoms with Crippen LogP contribution in [0.2, 0.25) is 5.15 Å². The van der Waals surface area contributed by atoms with Crippen LogP contribution >= 0.6 is 23.4 Å². The zero-order valence-corrected chi connectivity index (χ0v) is 13.5. The lowest BCUT2D eigenvalue weighted by Crippen LogP contribution is -2.37. The number of hydrogen-bond donors (Lipinski definition) is 1. The molecule has 0 radical (unpaired) electrons. The molecule has 4 nitrogen and oxygen atoms in total. The molecule has 2 unspecified atom stereocenters. The highest BCUT2D eigenvalue weighted by Gasteiger charge is 2.28. The monoisotopic (exact) mass is 324 g/mol. The van der Waals surface area contributed by atoms with Crippen molar-refractivity contribution in [2.75, 3.05) is 5.75 Å². The van der Waals surface area contributed by atoms with Crippen molar-refractivity contribution in [3.05, 3.63) is 40.7 Å². The van der Waals surface area contributed by atoms with E-state index in [9.17, 15) is 5.11 Å². The lowest BCUT2D eigenvalue weighted by Gasteiger charge is -2.29. The molecule has 112 valence electrons. The molecule has 1 aliphatic heterocycles. The molecule has 2 aromatic rings. The Morgan fingerprint density at radius 2 is 2.29 bits per heavy atom. The average molecular weight is 325 g/mol. The normalized spacial score (nSPS) is 19.0. The first kappa shape index (κ1) is 14.8. The lowest BCUT2D eigenvalue weighted by molar-refractivity contribution is 0.0468. The summed E-state index contributed by atoms with van der Waals surface area (Å²) in [5.41, 5.74) is 1.74. The van der Waals surface area contributed by atoms with Crippen LogP contribution in [0.5, 0.6) is 5.75 Å². The molecule has 0 bridgehead atoms. The van der Waals surface area contributed by atoms with Gasteiger partial charge >= 0.3 is 0 Å². The van der Waals surface area contributed by atoms with E-state index in [1.807, 2.05) is 31.2 Å². The number of para-hydroxylation sites is 1. The number of aliphatic hydroxyl groups excluding tert-OH is 1. The maximum Gasteiger partial charge on any atom is 0.134 e. The Morgan fingerprint density at radius 1 is 1.52 bits per heavy atom. The van der Waals surface area contributed by atoms with Crippen LogP contribution < -0.4 is 4.74 Å². The second-order valence-corrected chi connectivity index (χ2v) is 6.58. The van der Waals surface area contributed by atoms with Crippen LogP contribution in [0.4, 0.5) is 0 Å². The molecule has 2 heterocycles. The molecule has 6 heteroatoms. The van der Waals surface area contributed by atoms with Crippen molar-refractivity contribution in [3.63, 3.8) is 0 Å². The Balaban J connectivity index is 1.73. The number of aliphatic hydroxyl groups is 1. The number of ether oxygens (including phenoxy) is 1. The number of aryl methyl sites for hydroxylation is 2. The van der Waals surface area contributed by atoms with Gasteiger partial charge in [0.15, 0.2) is 0 Å². The number of nitrogens with zero attached hydrogens (tertiary/aromatic N) is 2. The third kappa shape index (κ3) is 2.91. The second-order valence-electron chi connectivity index (χ2n) is 5.16. The molecular formula is C15H17ClN2O2S. The minimum atomic E-state index is -0.605. The van der Waals surface area contributed by atoms with Crippen LogP contribution in [-0.4, -0.2) is 32.8 Å². The summed E-state index contributed by atoms with van der Waals surface area (Å²) in [6, 6.07) is 7.90. The molecule has 21 heavy (non-hydrogen) atoms. The minimum absolute atomic E-state index is 0.236. The third-order valence-corrected chi connectivity index (χ3v) is 5.26. The van der Waals surface area contributed by atoms with Crippen LogP contribution in [0.1, 0.15) is 11.3 Å². The highest BCUT2D eigenvalue weighted by Crippen LogP contribution is 2.36. The second kappa shape index (κ2) is 5.91. The summed E-state index contributed by atoms with van der Waals surface area (Å²) in [5.74, 6) is 1.57. The van der Waals surface area contributed by atoms with Gasteiger partial charge in [-0.2, -0.15) is 5.10 Å². The van der Waals surface area contributed by atoms with Gasteiger partial charge in [-0.25, -0.2) is 0 Å². The van der Waals surface area contributed by atoms with Crippen molar-refractivity contribution in [1.82, 2.24) is 9.78 Å². The molecule has 1 aromatic carbocycles. The van der Waals surface area contributed by atoms with Crippen LogP contribution in [0.25, 0.3) is 0 Å². The Kier molecular flexibility index (Phi) is 4.15. The van der Waals surface area contributed by atoms with Gasteiger partial charge in [-0.15, -0.1) is 11.8 Å². The zero-order chi connectivity index (χ0) is 15.0. The van der Waals surface area contributed by atoms with Gasteiger partial charge in [0, 0.05) is 29.7 Å². The summed E-state index contributed by atoms with van der Waals surface area (Å²) in [6.07, 6.45) is -0.391. The number of fused-ring (bicyclic) bond motifs is 1. The summed E-state index contributed by atoms with van der Waals surface area (Å²) in [5, 5.41) is 15.3. The predicted molar refractivity (Wildman–Crippen MR) is 84.2 cm³/mol. The van der Waals surface area contributed by atoms with Crippen molar-refractivity contribution in [2.45, 2.75) is 30.4 Å². The van der Waals surface area contributed by atoms with Gasteiger partial charge in [0.05, 0.1) is 11.8 Å². The van der Waals surface area contributed by atoms with E-state index in [1.165, 1.54) is 0 Å². The van der Waals surface area contributed by atoms with E-state index >= 15 is 0 Å². The average Bonchev–Trinajstić information content (AvgIpc) is 2.73. The molecule has 3 rings (SSSR count). The Hall–Kier alpha value is -1.17. The van der Waals surface area contributed by atoms with Gasteiger partial charge in [0.1, 0.15) is 17.0 Å². The largest absolute Gasteiger partial charge is 0.486 e. The molecule has 0 fully saturated rings. The van der Waals surface area contributed by atoms with Gasteiger partial charge in [0.25, 0.3) is 0 Å². The number of rotatable bonds is 3. The molecule has 1 aliphatic rings. The number of benzene rings is 1. The Morgan fingerprint density at radius 3 is 3.00 bits per heavy atom. The van der Waals surface area contributed by atoms with E-state index in [-0.39, 0.29) is 6.10 Å². The van der Waals surface area contributed by atoms with E-state index in [2.05, 4.69) is 5.10 Å². The van der Waals surface area contributed by atoms with E-state index in [1.54, 1.807) is 23.5 Å². The number of aromatic nitrogens is 2. The smallest absolute Gasteiger partial charge is 0.134 e. The first-order chi connectivity index (χ1) is 10.1. The highest BCUT2D eigenvalue weighted by atomic mass is 35.5. The lowest BCUT2D eigenvalue weighted by atomic mass is 10.1. The van der Waals surface area contributed by atoms with Crippen LogP contribution in [0, 0.1) is 6.92 Å². The van der Waals surface area contributed by atoms with Crippen molar-refractivity contribution in [1.29, 1.82) is 0 Å². The van der Waals surface area contributed by atoms with E-state index in [0.717, 1.165) is 27.7 Å². The summed E-state index contributed by atoms with van der Waals surface area (Å²) in [6.45, 7) is 1.90. The molecule has 1 aromatic heterocycles. The summed E-state index contributed by atoms with van der Waals surface area (Å²) >= 11 is 7.93. The molecular weight excluding hydrogens is 308 g/mol. The fourth-order valence-electron chi connectivity index (χ4n) is 2.47. The highest BCUT2D eigenvalue weighted by molar-refractivity contribution is 7.99. The summed E-state index contributed by atoms with van der Waals surface area (Å²) < 4.78 is 7.54. The maximum atomic E-state index is 10.5. The topological polar surface area (TPSA) is 47.3 Å². The predicted octanol–water partition coefficient (Wildman–Crippen LogP) is 2.84. The number of thioether (sulfide) groups is 1. The molecule has 0 saturated carbocycles. The minimum Gasteiger partial charge on any atom is -0.486 e. The summed E-state index contributed by atoms with van der Waals surface area (Å²) in [4.78, 5) is 1.12. The van der Waals surface area contributed by atoms with Crippen molar-refractivity contribution in [2.24, 2.45) is 7.05 Å². The fourth-order valence-corrected chi connectivity index (χ4v) is 3.79. The van der Waals surface area contributed by atoms with E-state index < -0.39 is 6.10 Å². The van der Waals surface area contributed by atoms with Crippen molar-refractivity contribution < 1.29 is 9.84 Å².